The molecular weight excluding hydrogens is 386 g/mol. The van der Waals surface area contributed by atoms with Gasteiger partial charge in [0.05, 0.1) is 32.0 Å². The summed E-state index contributed by atoms with van der Waals surface area (Å²) in [6.45, 7) is -0.122. The van der Waals surface area contributed by atoms with Crippen molar-refractivity contribution in [1.29, 1.82) is 0 Å². The number of anilines is 1. The first-order chi connectivity index (χ1) is 13.5. The molecule has 0 unspecified atom stereocenters. The Balaban J connectivity index is 1.79. The summed E-state index contributed by atoms with van der Waals surface area (Å²) in [7, 11) is 4.56. The predicted molar refractivity (Wildman–Crippen MR) is 103 cm³/mol. The lowest BCUT2D eigenvalue weighted by molar-refractivity contribution is -0.117. The first kappa shape index (κ1) is 19.4. The summed E-state index contributed by atoms with van der Waals surface area (Å²) >= 11 is 6.04. The molecular formula is C18H18ClN5O4. The highest BCUT2D eigenvalue weighted by Gasteiger charge is 2.17. The lowest BCUT2D eigenvalue weighted by Gasteiger charge is -2.12. The maximum absolute atomic E-state index is 12.2. The van der Waals surface area contributed by atoms with E-state index < -0.39 is 0 Å². The summed E-state index contributed by atoms with van der Waals surface area (Å²) < 4.78 is 15.9. The molecule has 0 aliphatic heterocycles. The summed E-state index contributed by atoms with van der Waals surface area (Å²) in [5.74, 6) is 1.36. The first-order valence-corrected chi connectivity index (χ1v) is 8.56. The van der Waals surface area contributed by atoms with Crippen LogP contribution in [0.15, 0.2) is 36.4 Å². The van der Waals surface area contributed by atoms with E-state index in [0.29, 0.717) is 39.3 Å². The normalized spacial score (nSPS) is 10.4. The first-order valence-electron chi connectivity index (χ1n) is 8.18. The van der Waals surface area contributed by atoms with Crippen LogP contribution in [0.2, 0.25) is 5.02 Å². The zero-order valence-electron chi connectivity index (χ0n) is 15.5. The number of hydrogen-bond acceptors (Lipinski definition) is 7. The van der Waals surface area contributed by atoms with Gasteiger partial charge >= 0.3 is 0 Å². The van der Waals surface area contributed by atoms with E-state index in [1.54, 1.807) is 36.4 Å². The van der Waals surface area contributed by atoms with Gasteiger partial charge in [0, 0.05) is 5.56 Å². The SMILES string of the molecule is COc1cc(-c2nnn(CC(=O)Nc3ccccc3Cl)n2)cc(OC)c1OC. The molecule has 0 saturated carbocycles. The molecule has 1 amide bonds. The van der Waals surface area contributed by atoms with E-state index in [2.05, 4.69) is 20.7 Å². The van der Waals surface area contributed by atoms with Crippen molar-refractivity contribution in [2.45, 2.75) is 6.54 Å². The standard InChI is InChI=1S/C18H18ClN5O4/c1-26-14-8-11(9-15(27-2)17(14)28-3)18-21-23-24(22-18)10-16(25)20-13-7-5-4-6-12(13)19/h4-9H,10H2,1-3H3,(H,20,25). The summed E-state index contributed by atoms with van der Waals surface area (Å²) in [6, 6.07) is 10.3. The molecule has 2 aromatic carbocycles. The minimum Gasteiger partial charge on any atom is -0.493 e. The van der Waals surface area contributed by atoms with Crippen LogP contribution < -0.4 is 19.5 Å². The topological polar surface area (TPSA) is 100 Å². The highest BCUT2D eigenvalue weighted by Crippen LogP contribution is 2.40. The molecule has 0 spiro atoms. The van der Waals surface area contributed by atoms with Crippen LogP contribution >= 0.6 is 11.6 Å². The molecule has 0 bridgehead atoms. The molecule has 1 N–H and O–H groups in total. The number of halogens is 1. The molecule has 3 aromatic rings. The Kier molecular flexibility index (Phi) is 5.95. The van der Waals surface area contributed by atoms with Crippen molar-refractivity contribution in [3.05, 3.63) is 41.4 Å². The van der Waals surface area contributed by atoms with Crippen molar-refractivity contribution in [1.82, 2.24) is 20.2 Å². The van der Waals surface area contributed by atoms with Crippen molar-refractivity contribution in [3.8, 4) is 28.6 Å². The summed E-state index contributed by atoms with van der Waals surface area (Å²) in [6.07, 6.45) is 0. The Morgan fingerprint density at radius 1 is 1.11 bits per heavy atom. The van der Waals surface area contributed by atoms with Gasteiger partial charge in [0.2, 0.25) is 17.5 Å². The van der Waals surface area contributed by atoms with Gasteiger partial charge < -0.3 is 19.5 Å². The lowest BCUT2D eigenvalue weighted by atomic mass is 10.1. The molecule has 1 aromatic heterocycles. The Labute approximate surface area is 166 Å². The average molecular weight is 404 g/mol. The Morgan fingerprint density at radius 2 is 1.79 bits per heavy atom. The van der Waals surface area contributed by atoms with Crippen LogP contribution in [0.25, 0.3) is 11.4 Å². The highest BCUT2D eigenvalue weighted by atomic mass is 35.5. The van der Waals surface area contributed by atoms with Gasteiger partial charge in [-0.15, -0.1) is 10.2 Å². The Morgan fingerprint density at radius 3 is 2.39 bits per heavy atom. The number of tetrazole rings is 1. The van der Waals surface area contributed by atoms with E-state index in [1.807, 2.05) is 0 Å². The van der Waals surface area contributed by atoms with E-state index in [1.165, 1.54) is 26.1 Å². The molecule has 0 saturated heterocycles. The van der Waals surface area contributed by atoms with Crippen LogP contribution in [0.3, 0.4) is 0 Å². The van der Waals surface area contributed by atoms with Crippen molar-refractivity contribution in [2.24, 2.45) is 0 Å². The largest absolute Gasteiger partial charge is 0.493 e. The Hall–Kier alpha value is -3.33. The van der Waals surface area contributed by atoms with Gasteiger partial charge in [-0.2, -0.15) is 4.80 Å². The molecule has 28 heavy (non-hydrogen) atoms. The second kappa shape index (κ2) is 8.57. The Bertz CT molecular complexity index is 967. The minimum atomic E-state index is -0.332. The van der Waals surface area contributed by atoms with Gasteiger partial charge in [0.25, 0.3) is 0 Å². The average Bonchev–Trinajstić information content (AvgIpc) is 3.16. The van der Waals surface area contributed by atoms with Crippen LogP contribution in [-0.4, -0.2) is 47.4 Å². The quantitative estimate of drug-likeness (QED) is 0.647. The van der Waals surface area contributed by atoms with Crippen molar-refractivity contribution >= 4 is 23.2 Å². The molecule has 1 heterocycles. The molecule has 0 aliphatic carbocycles. The molecule has 9 nitrogen and oxygen atoms in total. The molecule has 0 radical (unpaired) electrons. The monoisotopic (exact) mass is 403 g/mol. The molecule has 0 aliphatic rings. The number of nitrogens with zero attached hydrogens (tertiary/aromatic N) is 4. The van der Waals surface area contributed by atoms with E-state index in [9.17, 15) is 4.79 Å². The number of amides is 1. The van der Waals surface area contributed by atoms with E-state index in [0.717, 1.165) is 0 Å². The van der Waals surface area contributed by atoms with E-state index >= 15 is 0 Å². The summed E-state index contributed by atoms with van der Waals surface area (Å²) in [5.41, 5.74) is 1.12. The number of ether oxygens (including phenoxy) is 3. The number of hydrogen-bond donors (Lipinski definition) is 1. The van der Waals surface area contributed by atoms with Crippen LogP contribution in [0.5, 0.6) is 17.2 Å². The van der Waals surface area contributed by atoms with Gasteiger partial charge in [0.15, 0.2) is 11.5 Å². The third-order valence-electron chi connectivity index (χ3n) is 3.81. The van der Waals surface area contributed by atoms with Crippen molar-refractivity contribution in [3.63, 3.8) is 0 Å². The van der Waals surface area contributed by atoms with Gasteiger partial charge in [-0.1, -0.05) is 23.7 Å². The number of benzene rings is 2. The maximum atomic E-state index is 12.2. The molecule has 146 valence electrons. The van der Waals surface area contributed by atoms with Gasteiger partial charge in [-0.05, 0) is 29.5 Å². The molecule has 3 rings (SSSR count). The van der Waals surface area contributed by atoms with Crippen molar-refractivity contribution < 1.29 is 19.0 Å². The van der Waals surface area contributed by atoms with Gasteiger partial charge in [-0.3, -0.25) is 4.79 Å². The fourth-order valence-electron chi connectivity index (χ4n) is 2.52. The number of aromatic nitrogens is 4. The highest BCUT2D eigenvalue weighted by molar-refractivity contribution is 6.33. The fraction of sp³-hybridized carbons (Fsp3) is 0.222. The second-order valence-electron chi connectivity index (χ2n) is 5.59. The van der Waals surface area contributed by atoms with E-state index in [-0.39, 0.29) is 12.5 Å². The van der Waals surface area contributed by atoms with Crippen LogP contribution in [-0.2, 0) is 11.3 Å². The zero-order valence-corrected chi connectivity index (χ0v) is 16.2. The number of nitrogens with one attached hydrogen (secondary N) is 1. The second-order valence-corrected chi connectivity index (χ2v) is 5.99. The zero-order chi connectivity index (χ0) is 20.1. The summed E-state index contributed by atoms with van der Waals surface area (Å²) in [5, 5.41) is 15.3. The van der Waals surface area contributed by atoms with Crippen LogP contribution in [0.1, 0.15) is 0 Å². The summed E-state index contributed by atoms with van der Waals surface area (Å²) in [4.78, 5) is 13.4. The number of rotatable bonds is 7. The molecule has 10 heteroatoms. The van der Waals surface area contributed by atoms with Crippen LogP contribution in [0, 0.1) is 0 Å². The molecule has 0 atom stereocenters. The third-order valence-corrected chi connectivity index (χ3v) is 4.14. The number of carbonyl (C=O) groups excluding carboxylic acids is 1. The van der Waals surface area contributed by atoms with Crippen LogP contribution in [0.4, 0.5) is 5.69 Å². The number of methoxy groups -OCH3 is 3. The number of carbonyl (C=O) groups is 1. The number of para-hydroxylation sites is 1. The minimum absolute atomic E-state index is 0.122. The van der Waals surface area contributed by atoms with E-state index in [4.69, 9.17) is 25.8 Å². The lowest BCUT2D eigenvalue weighted by Crippen LogP contribution is -2.20. The van der Waals surface area contributed by atoms with Gasteiger partial charge in [0.1, 0.15) is 6.54 Å². The van der Waals surface area contributed by atoms with Gasteiger partial charge in [-0.25, -0.2) is 0 Å². The molecule has 0 fully saturated rings. The van der Waals surface area contributed by atoms with Crippen molar-refractivity contribution in [2.75, 3.05) is 26.6 Å². The maximum Gasteiger partial charge on any atom is 0.248 e. The fourth-order valence-corrected chi connectivity index (χ4v) is 2.70. The third kappa shape index (κ3) is 4.15. The smallest absolute Gasteiger partial charge is 0.248 e. The predicted octanol–water partition coefficient (Wildman–Crippen LogP) is 2.66.